The van der Waals surface area contributed by atoms with E-state index in [1.165, 1.54) is 13.0 Å². The third kappa shape index (κ3) is 2.56. The fourth-order valence-corrected chi connectivity index (χ4v) is 1.10. The molecule has 0 fully saturated rings. The van der Waals surface area contributed by atoms with E-state index in [0.717, 1.165) is 5.57 Å². The molecule has 0 aromatic heterocycles. The third-order valence-corrected chi connectivity index (χ3v) is 1.72. The van der Waals surface area contributed by atoms with Gasteiger partial charge >= 0.3 is 5.97 Å². The summed E-state index contributed by atoms with van der Waals surface area (Å²) in [5.74, 6) is -1.97. The zero-order valence-electron chi connectivity index (χ0n) is 7.49. The molecule has 1 aliphatic rings. The van der Waals surface area contributed by atoms with Crippen LogP contribution in [0, 0.1) is 0 Å². The van der Waals surface area contributed by atoms with E-state index in [4.69, 9.17) is 4.74 Å². The van der Waals surface area contributed by atoms with Crippen LogP contribution in [0.1, 0.15) is 13.3 Å². The Morgan fingerprint density at radius 1 is 1.85 bits per heavy atom. The number of allylic oxidation sites excluding steroid dienone is 3. The lowest BCUT2D eigenvalue weighted by Gasteiger charge is -2.25. The Hall–Kier alpha value is -1.35. The van der Waals surface area contributed by atoms with Crippen LogP contribution in [0.2, 0.25) is 0 Å². The lowest BCUT2D eigenvalue weighted by molar-refractivity contribution is -0.187. The summed E-state index contributed by atoms with van der Waals surface area (Å²) < 4.78 is 4.72. The van der Waals surface area contributed by atoms with Crippen molar-refractivity contribution < 1.29 is 14.6 Å². The Kier molecular flexibility index (Phi) is 2.68. The number of ether oxygens (including phenoxy) is 1. The Morgan fingerprint density at radius 3 is 2.92 bits per heavy atom. The van der Waals surface area contributed by atoms with Gasteiger partial charge in [-0.2, -0.15) is 0 Å². The van der Waals surface area contributed by atoms with Crippen LogP contribution < -0.4 is 0 Å². The Labute approximate surface area is 77.0 Å². The quantitative estimate of drug-likeness (QED) is 0.514. The minimum absolute atomic E-state index is 0.268. The van der Waals surface area contributed by atoms with Crippen LogP contribution in [-0.2, 0) is 9.53 Å². The Morgan fingerprint density at radius 2 is 2.54 bits per heavy atom. The molecule has 70 valence electrons. The van der Waals surface area contributed by atoms with E-state index >= 15 is 0 Å². The predicted octanol–water partition coefficient (Wildman–Crippen LogP) is 1.31. The van der Waals surface area contributed by atoms with Crippen LogP contribution in [0.4, 0.5) is 0 Å². The van der Waals surface area contributed by atoms with E-state index in [1.807, 2.05) is 0 Å². The molecule has 1 rings (SSSR count). The fourth-order valence-electron chi connectivity index (χ4n) is 1.10. The third-order valence-electron chi connectivity index (χ3n) is 1.72. The first-order chi connectivity index (χ1) is 6.06. The second-order valence-corrected chi connectivity index (χ2v) is 2.88. The molecule has 0 heterocycles. The maximum atomic E-state index is 10.6. The lowest BCUT2D eigenvalue weighted by Crippen LogP contribution is -2.32. The van der Waals surface area contributed by atoms with Gasteiger partial charge in [0.2, 0.25) is 5.79 Å². The number of esters is 1. The van der Waals surface area contributed by atoms with Gasteiger partial charge in [-0.25, -0.2) is 0 Å². The molecule has 13 heavy (non-hydrogen) atoms. The number of aliphatic hydroxyl groups is 1. The largest absolute Gasteiger partial charge is 0.429 e. The average Bonchev–Trinajstić information content (AvgIpc) is 2.04. The van der Waals surface area contributed by atoms with Gasteiger partial charge in [0, 0.05) is 13.3 Å². The molecule has 1 atom stereocenters. The highest BCUT2D eigenvalue weighted by atomic mass is 16.7. The van der Waals surface area contributed by atoms with Crippen molar-refractivity contribution >= 4 is 5.97 Å². The van der Waals surface area contributed by atoms with Crippen molar-refractivity contribution in [3.63, 3.8) is 0 Å². The maximum absolute atomic E-state index is 10.6. The molecule has 0 aromatic carbocycles. The van der Waals surface area contributed by atoms with Gasteiger partial charge in [0.05, 0.1) is 0 Å². The molecule has 0 aliphatic heterocycles. The summed E-state index contributed by atoms with van der Waals surface area (Å²) in [5.41, 5.74) is 0.914. The highest BCUT2D eigenvalue weighted by Gasteiger charge is 2.27. The summed E-state index contributed by atoms with van der Waals surface area (Å²) in [4.78, 5) is 10.6. The summed E-state index contributed by atoms with van der Waals surface area (Å²) in [7, 11) is 0. The van der Waals surface area contributed by atoms with Crippen LogP contribution in [0.5, 0.6) is 0 Å². The smallest absolute Gasteiger partial charge is 0.305 e. The lowest BCUT2D eigenvalue weighted by atomic mass is 10.0. The maximum Gasteiger partial charge on any atom is 0.305 e. The van der Waals surface area contributed by atoms with Crippen LogP contribution >= 0.6 is 0 Å². The zero-order valence-corrected chi connectivity index (χ0v) is 7.49. The molecule has 0 saturated heterocycles. The van der Waals surface area contributed by atoms with Gasteiger partial charge in [0.25, 0.3) is 0 Å². The molecule has 0 bridgehead atoms. The monoisotopic (exact) mass is 180 g/mol. The molecular weight excluding hydrogens is 168 g/mol. The molecule has 0 radical (unpaired) electrons. The predicted molar refractivity (Wildman–Crippen MR) is 48.8 cm³/mol. The number of rotatable bonds is 2. The molecule has 0 saturated carbocycles. The SMILES string of the molecule is C=CC1=CC[C@](O)(OC(C)=O)C=C1. The van der Waals surface area contributed by atoms with Crippen molar-refractivity contribution in [2.24, 2.45) is 0 Å². The number of carbonyl (C=O) groups is 1. The molecule has 0 spiro atoms. The molecular formula is C10H12O3. The van der Waals surface area contributed by atoms with Crippen molar-refractivity contribution in [3.05, 3.63) is 36.5 Å². The molecule has 0 amide bonds. The van der Waals surface area contributed by atoms with Gasteiger partial charge in [-0.05, 0) is 11.6 Å². The van der Waals surface area contributed by atoms with Crippen LogP contribution in [-0.4, -0.2) is 16.9 Å². The van der Waals surface area contributed by atoms with Gasteiger partial charge in [0.15, 0.2) is 0 Å². The van der Waals surface area contributed by atoms with Crippen molar-refractivity contribution in [3.8, 4) is 0 Å². The summed E-state index contributed by atoms with van der Waals surface area (Å²) in [6.45, 7) is 4.85. The Balaban J connectivity index is 2.68. The van der Waals surface area contributed by atoms with Crippen LogP contribution in [0.25, 0.3) is 0 Å². The van der Waals surface area contributed by atoms with Crippen molar-refractivity contribution in [2.75, 3.05) is 0 Å². The van der Waals surface area contributed by atoms with Gasteiger partial charge in [-0.1, -0.05) is 24.8 Å². The molecule has 1 aliphatic carbocycles. The summed E-state index contributed by atoms with van der Waals surface area (Å²) in [6, 6.07) is 0. The molecule has 0 unspecified atom stereocenters. The second-order valence-electron chi connectivity index (χ2n) is 2.88. The summed E-state index contributed by atoms with van der Waals surface area (Å²) >= 11 is 0. The van der Waals surface area contributed by atoms with Gasteiger partial charge in [0.1, 0.15) is 0 Å². The first kappa shape index (κ1) is 9.74. The number of hydrogen-bond acceptors (Lipinski definition) is 3. The summed E-state index contributed by atoms with van der Waals surface area (Å²) in [6.07, 6.45) is 6.81. The standard InChI is InChI=1S/C10H12O3/c1-3-9-4-6-10(12,7-5-9)13-8(2)11/h3-6,12H,1,7H2,2H3/t10-/m1/s1. The summed E-state index contributed by atoms with van der Waals surface area (Å²) in [5, 5.41) is 9.65. The first-order valence-electron chi connectivity index (χ1n) is 3.99. The molecule has 3 nitrogen and oxygen atoms in total. The van der Waals surface area contributed by atoms with Crippen LogP contribution in [0.15, 0.2) is 36.5 Å². The molecule has 1 N–H and O–H groups in total. The van der Waals surface area contributed by atoms with E-state index in [2.05, 4.69) is 6.58 Å². The zero-order chi connectivity index (χ0) is 9.90. The molecule has 0 aromatic rings. The normalized spacial score (nSPS) is 26.5. The van der Waals surface area contributed by atoms with Crippen molar-refractivity contribution in [1.82, 2.24) is 0 Å². The van der Waals surface area contributed by atoms with Gasteiger partial charge in [-0.3, -0.25) is 4.79 Å². The van der Waals surface area contributed by atoms with E-state index in [9.17, 15) is 9.90 Å². The highest BCUT2D eigenvalue weighted by molar-refractivity contribution is 5.66. The average molecular weight is 180 g/mol. The fraction of sp³-hybridized carbons (Fsp3) is 0.300. The minimum atomic E-state index is -1.47. The van der Waals surface area contributed by atoms with E-state index < -0.39 is 11.8 Å². The van der Waals surface area contributed by atoms with Gasteiger partial charge in [-0.15, -0.1) is 0 Å². The van der Waals surface area contributed by atoms with Crippen molar-refractivity contribution in [1.29, 1.82) is 0 Å². The second kappa shape index (κ2) is 3.58. The van der Waals surface area contributed by atoms with Crippen LogP contribution in [0.3, 0.4) is 0 Å². The minimum Gasteiger partial charge on any atom is -0.429 e. The van der Waals surface area contributed by atoms with E-state index in [-0.39, 0.29) is 6.42 Å². The first-order valence-corrected chi connectivity index (χ1v) is 3.99. The van der Waals surface area contributed by atoms with Gasteiger partial charge < -0.3 is 9.84 Å². The van der Waals surface area contributed by atoms with E-state index in [0.29, 0.717) is 0 Å². The topological polar surface area (TPSA) is 46.5 Å². The number of carbonyl (C=O) groups excluding carboxylic acids is 1. The number of hydrogen-bond donors (Lipinski definition) is 1. The molecule has 3 heteroatoms. The Bertz CT molecular complexity index is 289. The van der Waals surface area contributed by atoms with Crippen molar-refractivity contribution in [2.45, 2.75) is 19.1 Å². The van der Waals surface area contributed by atoms with E-state index in [1.54, 1.807) is 18.2 Å². The highest BCUT2D eigenvalue weighted by Crippen LogP contribution is 2.22.